The Kier molecular flexibility index (Phi) is 5.76. The van der Waals surface area contributed by atoms with Crippen molar-refractivity contribution in [2.45, 2.75) is 6.54 Å². The number of carbonyl (C=O) groups is 1. The fourth-order valence-corrected chi connectivity index (χ4v) is 2.88. The molecule has 1 aromatic carbocycles. The molecule has 0 bridgehead atoms. The summed E-state index contributed by atoms with van der Waals surface area (Å²) in [7, 11) is 0. The summed E-state index contributed by atoms with van der Waals surface area (Å²) >= 11 is 0. The van der Waals surface area contributed by atoms with Gasteiger partial charge in [0.25, 0.3) is 11.5 Å². The number of carbonyl (C=O) groups excluding carboxylic acids is 1. The van der Waals surface area contributed by atoms with E-state index >= 15 is 0 Å². The quantitative estimate of drug-likeness (QED) is 0.371. The van der Waals surface area contributed by atoms with Crippen LogP contribution in [-0.4, -0.2) is 15.3 Å². The molecule has 0 spiro atoms. The molecule has 9 heteroatoms. The fraction of sp³-hybridized carbons (Fsp3) is 0.0435. The van der Waals surface area contributed by atoms with Gasteiger partial charge in [0, 0.05) is 6.20 Å². The highest BCUT2D eigenvalue weighted by Gasteiger charge is 2.18. The van der Waals surface area contributed by atoms with E-state index in [1.807, 2.05) is 0 Å². The summed E-state index contributed by atoms with van der Waals surface area (Å²) in [6.45, 7) is 0.0540. The highest BCUT2D eigenvalue weighted by Crippen LogP contribution is 2.26. The SMILES string of the molecule is N#C/C(=C\c1c(Oc2ccccc2F)nc2ccccn2c1=O)C(=O)NCc1ccco1. The van der Waals surface area contributed by atoms with Crippen LogP contribution in [0, 0.1) is 17.1 Å². The number of benzene rings is 1. The van der Waals surface area contributed by atoms with Gasteiger partial charge in [0.2, 0.25) is 5.88 Å². The van der Waals surface area contributed by atoms with Crippen LogP contribution < -0.4 is 15.6 Å². The van der Waals surface area contributed by atoms with Crippen molar-refractivity contribution >= 4 is 17.6 Å². The first-order chi connectivity index (χ1) is 15.6. The van der Waals surface area contributed by atoms with Gasteiger partial charge in [0.15, 0.2) is 11.6 Å². The Morgan fingerprint density at radius 1 is 1.22 bits per heavy atom. The molecule has 0 saturated heterocycles. The fourth-order valence-electron chi connectivity index (χ4n) is 2.88. The van der Waals surface area contributed by atoms with Gasteiger partial charge >= 0.3 is 0 Å². The van der Waals surface area contributed by atoms with Crippen molar-refractivity contribution < 1.29 is 18.3 Å². The second-order valence-electron chi connectivity index (χ2n) is 6.53. The lowest BCUT2D eigenvalue weighted by Crippen LogP contribution is -2.24. The van der Waals surface area contributed by atoms with Gasteiger partial charge in [0.05, 0.1) is 12.8 Å². The molecule has 0 radical (unpaired) electrons. The van der Waals surface area contributed by atoms with Crippen LogP contribution in [0.15, 0.2) is 81.8 Å². The molecule has 0 aliphatic carbocycles. The lowest BCUT2D eigenvalue weighted by molar-refractivity contribution is -0.117. The number of hydrogen-bond donors (Lipinski definition) is 1. The molecule has 0 fully saturated rings. The summed E-state index contributed by atoms with van der Waals surface area (Å²) in [5.74, 6) is -1.29. The molecule has 4 rings (SSSR count). The van der Waals surface area contributed by atoms with E-state index in [-0.39, 0.29) is 35.0 Å². The Morgan fingerprint density at radius 2 is 2.03 bits per heavy atom. The summed E-state index contributed by atoms with van der Waals surface area (Å²) in [5, 5.41) is 12.0. The summed E-state index contributed by atoms with van der Waals surface area (Å²) in [4.78, 5) is 29.9. The van der Waals surface area contributed by atoms with Gasteiger partial charge in [-0.1, -0.05) is 18.2 Å². The Labute approximate surface area is 180 Å². The highest BCUT2D eigenvalue weighted by atomic mass is 19.1. The largest absolute Gasteiger partial charge is 0.467 e. The number of furan rings is 1. The average Bonchev–Trinajstić information content (AvgIpc) is 3.33. The van der Waals surface area contributed by atoms with Crippen LogP contribution in [0.3, 0.4) is 0 Å². The number of nitrogens with one attached hydrogen (secondary N) is 1. The zero-order valence-corrected chi connectivity index (χ0v) is 16.5. The van der Waals surface area contributed by atoms with Crippen LogP contribution >= 0.6 is 0 Å². The third kappa shape index (κ3) is 4.24. The summed E-state index contributed by atoms with van der Waals surface area (Å²) < 4.78 is 26.1. The Hall–Kier alpha value is -4.71. The molecule has 0 saturated carbocycles. The van der Waals surface area contributed by atoms with Crippen molar-refractivity contribution in [1.82, 2.24) is 14.7 Å². The van der Waals surface area contributed by atoms with Crippen LogP contribution in [0.4, 0.5) is 4.39 Å². The number of aromatic nitrogens is 2. The molecule has 3 aromatic heterocycles. The molecular formula is C23H15FN4O4. The number of pyridine rings is 1. The first kappa shape index (κ1) is 20.6. The number of ether oxygens (including phenoxy) is 1. The zero-order chi connectivity index (χ0) is 22.5. The summed E-state index contributed by atoms with van der Waals surface area (Å²) in [6, 6.07) is 15.6. The average molecular weight is 430 g/mol. The number of para-hydroxylation sites is 1. The number of rotatable bonds is 6. The third-order valence-corrected chi connectivity index (χ3v) is 4.43. The van der Waals surface area contributed by atoms with Crippen LogP contribution in [0.1, 0.15) is 11.3 Å². The second kappa shape index (κ2) is 8.97. The van der Waals surface area contributed by atoms with E-state index in [4.69, 9.17) is 9.15 Å². The molecule has 0 aliphatic rings. The van der Waals surface area contributed by atoms with E-state index in [1.165, 1.54) is 35.1 Å². The van der Waals surface area contributed by atoms with Gasteiger partial charge in [-0.25, -0.2) is 4.39 Å². The summed E-state index contributed by atoms with van der Waals surface area (Å²) in [6.07, 6.45) is 4.01. The number of fused-ring (bicyclic) bond motifs is 1. The predicted molar refractivity (Wildman–Crippen MR) is 112 cm³/mol. The molecule has 0 aliphatic heterocycles. The Morgan fingerprint density at radius 3 is 2.78 bits per heavy atom. The monoisotopic (exact) mass is 430 g/mol. The second-order valence-corrected chi connectivity index (χ2v) is 6.53. The molecule has 1 amide bonds. The molecule has 4 aromatic rings. The van der Waals surface area contributed by atoms with E-state index in [1.54, 1.807) is 42.5 Å². The normalized spacial score (nSPS) is 11.2. The maximum Gasteiger partial charge on any atom is 0.269 e. The molecule has 158 valence electrons. The van der Waals surface area contributed by atoms with Crippen molar-refractivity contribution in [2.75, 3.05) is 0 Å². The van der Waals surface area contributed by atoms with Gasteiger partial charge in [0.1, 0.15) is 28.6 Å². The maximum atomic E-state index is 14.1. The molecule has 0 unspecified atom stereocenters. The minimum Gasteiger partial charge on any atom is -0.467 e. The lowest BCUT2D eigenvalue weighted by atomic mass is 10.1. The first-order valence-electron chi connectivity index (χ1n) is 9.43. The van der Waals surface area contributed by atoms with Crippen molar-refractivity contribution in [2.24, 2.45) is 0 Å². The minimum absolute atomic E-state index is 0.0540. The van der Waals surface area contributed by atoms with Crippen LogP contribution in [-0.2, 0) is 11.3 Å². The van der Waals surface area contributed by atoms with E-state index in [0.29, 0.717) is 5.76 Å². The van der Waals surface area contributed by atoms with Gasteiger partial charge in [-0.3, -0.25) is 14.0 Å². The van der Waals surface area contributed by atoms with Crippen LogP contribution in [0.5, 0.6) is 11.6 Å². The van der Waals surface area contributed by atoms with Gasteiger partial charge < -0.3 is 14.5 Å². The lowest BCUT2D eigenvalue weighted by Gasteiger charge is -2.11. The van der Waals surface area contributed by atoms with Crippen molar-refractivity contribution in [3.05, 3.63) is 100 Å². The maximum absolute atomic E-state index is 14.1. The molecule has 32 heavy (non-hydrogen) atoms. The Bertz CT molecular complexity index is 1420. The number of halogens is 1. The topological polar surface area (TPSA) is 110 Å². The van der Waals surface area contributed by atoms with Crippen molar-refractivity contribution in [3.8, 4) is 17.7 Å². The third-order valence-electron chi connectivity index (χ3n) is 4.43. The van der Waals surface area contributed by atoms with Gasteiger partial charge in [-0.05, 0) is 42.5 Å². The standard InChI is InChI=1S/C23H15FN4O4/c24-18-7-1-2-8-19(18)32-22-17(23(30)28-10-4-3-9-20(28)27-22)12-15(13-25)21(29)26-14-16-6-5-11-31-16/h1-12H,14H2,(H,26,29)/b15-12+. The zero-order valence-electron chi connectivity index (χ0n) is 16.5. The van der Waals surface area contributed by atoms with Gasteiger partial charge in [-0.15, -0.1) is 0 Å². The van der Waals surface area contributed by atoms with E-state index in [2.05, 4.69) is 10.3 Å². The van der Waals surface area contributed by atoms with Crippen molar-refractivity contribution in [3.63, 3.8) is 0 Å². The number of amides is 1. The predicted octanol–water partition coefficient (Wildman–Crippen LogP) is 3.44. The number of nitriles is 1. The smallest absolute Gasteiger partial charge is 0.269 e. The van der Waals surface area contributed by atoms with Crippen LogP contribution in [0.2, 0.25) is 0 Å². The van der Waals surface area contributed by atoms with E-state index in [0.717, 1.165) is 6.08 Å². The Balaban J connectivity index is 1.77. The van der Waals surface area contributed by atoms with Crippen molar-refractivity contribution in [1.29, 1.82) is 5.26 Å². The molecular weight excluding hydrogens is 415 g/mol. The minimum atomic E-state index is -0.724. The number of hydrogen-bond acceptors (Lipinski definition) is 6. The molecule has 1 N–H and O–H groups in total. The first-order valence-corrected chi connectivity index (χ1v) is 9.43. The molecule has 8 nitrogen and oxygen atoms in total. The molecule has 3 heterocycles. The summed E-state index contributed by atoms with van der Waals surface area (Å²) in [5.41, 5.74) is -0.873. The number of nitrogens with zero attached hydrogens (tertiary/aromatic N) is 3. The highest BCUT2D eigenvalue weighted by molar-refractivity contribution is 6.01. The van der Waals surface area contributed by atoms with Crippen LogP contribution in [0.25, 0.3) is 11.7 Å². The molecule has 0 atom stereocenters. The van der Waals surface area contributed by atoms with E-state index in [9.17, 15) is 19.2 Å². The van der Waals surface area contributed by atoms with E-state index < -0.39 is 17.3 Å². The van der Waals surface area contributed by atoms with Gasteiger partial charge in [-0.2, -0.15) is 10.2 Å².